The summed E-state index contributed by atoms with van der Waals surface area (Å²) in [5.74, 6) is 1.69. The van der Waals surface area contributed by atoms with Crippen molar-refractivity contribution in [1.29, 1.82) is 0 Å². The lowest BCUT2D eigenvalue weighted by atomic mass is 10.1. The first-order chi connectivity index (χ1) is 12.6. The summed E-state index contributed by atoms with van der Waals surface area (Å²) in [7, 11) is 0. The Hall–Kier alpha value is -2.03. The van der Waals surface area contributed by atoms with E-state index in [-0.39, 0.29) is 12.1 Å². The average Bonchev–Trinajstić information content (AvgIpc) is 3.51. The van der Waals surface area contributed by atoms with E-state index in [2.05, 4.69) is 25.4 Å². The van der Waals surface area contributed by atoms with E-state index < -0.39 is 5.97 Å². The first-order valence-corrected chi connectivity index (χ1v) is 10.1. The molecule has 2 heterocycles. The van der Waals surface area contributed by atoms with Gasteiger partial charge in [-0.15, -0.1) is 10.2 Å². The molecule has 0 spiro atoms. The molecule has 8 nitrogen and oxygen atoms in total. The molecule has 2 fully saturated rings. The summed E-state index contributed by atoms with van der Waals surface area (Å²) in [5.41, 5.74) is 1.06. The number of nitrogens with one attached hydrogen (secondary N) is 2. The Morgan fingerprint density at radius 2 is 2.08 bits per heavy atom. The summed E-state index contributed by atoms with van der Waals surface area (Å²) >= 11 is 1.51. The van der Waals surface area contributed by atoms with Gasteiger partial charge < -0.3 is 19.9 Å². The van der Waals surface area contributed by atoms with Crippen LogP contribution in [0.3, 0.4) is 0 Å². The summed E-state index contributed by atoms with van der Waals surface area (Å²) in [5, 5.41) is 15.1. The van der Waals surface area contributed by atoms with Crippen molar-refractivity contribution in [3.05, 3.63) is 17.1 Å². The number of hydrogen-bond acceptors (Lipinski definition) is 6. The second kappa shape index (κ2) is 6.94. The molecule has 1 aromatic heterocycles. The van der Waals surface area contributed by atoms with Crippen molar-refractivity contribution in [2.24, 2.45) is 0 Å². The predicted octanol–water partition coefficient (Wildman–Crippen LogP) is 2.10. The fourth-order valence-corrected chi connectivity index (χ4v) is 4.19. The van der Waals surface area contributed by atoms with Crippen LogP contribution in [0.5, 0.6) is 0 Å². The lowest BCUT2D eigenvalue weighted by Gasteiger charge is -2.26. The number of aromatic nitrogens is 3. The molecule has 2 saturated carbocycles. The Morgan fingerprint density at radius 3 is 2.73 bits per heavy atom. The summed E-state index contributed by atoms with van der Waals surface area (Å²) in [6.45, 7) is 3.85. The van der Waals surface area contributed by atoms with E-state index in [4.69, 9.17) is 4.74 Å². The van der Waals surface area contributed by atoms with E-state index in [0.717, 1.165) is 11.0 Å². The smallest absolute Gasteiger partial charge is 0.337 e. The van der Waals surface area contributed by atoms with E-state index in [0.29, 0.717) is 35.6 Å². The van der Waals surface area contributed by atoms with Gasteiger partial charge in [-0.2, -0.15) is 0 Å². The highest BCUT2D eigenvalue weighted by Gasteiger charge is 2.37. The molecule has 9 heteroatoms. The quantitative estimate of drug-likeness (QED) is 0.558. The third kappa shape index (κ3) is 3.44. The van der Waals surface area contributed by atoms with Gasteiger partial charge in [0.25, 0.3) is 0 Å². The van der Waals surface area contributed by atoms with Crippen LogP contribution in [-0.2, 0) is 9.53 Å². The summed E-state index contributed by atoms with van der Waals surface area (Å²) < 4.78 is 7.42. The molecule has 2 amide bonds. The number of thioether (sulfide) groups is 1. The minimum atomic E-state index is -0.398. The van der Waals surface area contributed by atoms with Gasteiger partial charge in [0.15, 0.2) is 5.16 Å². The maximum Gasteiger partial charge on any atom is 0.337 e. The molecule has 140 valence electrons. The van der Waals surface area contributed by atoms with Gasteiger partial charge in [0, 0.05) is 23.4 Å². The standard InChI is InChI=1S/C17H23N5O3S/c1-3-25-15(23)13-9(2)18-16(24)19-12(13)8-26-17-21-20-14(10-4-5-10)22(17)11-6-7-11/h9-11H,3-8H2,1-2H3,(H2,18,19,24)/t9-/m0/s1. The third-order valence-electron chi connectivity index (χ3n) is 4.76. The van der Waals surface area contributed by atoms with Crippen molar-refractivity contribution in [1.82, 2.24) is 25.4 Å². The zero-order valence-electron chi connectivity index (χ0n) is 14.9. The molecule has 1 atom stereocenters. The molecule has 4 rings (SSSR count). The maximum atomic E-state index is 12.3. The second-order valence-electron chi connectivity index (χ2n) is 6.94. The van der Waals surface area contributed by atoms with Gasteiger partial charge in [-0.1, -0.05) is 11.8 Å². The van der Waals surface area contributed by atoms with E-state index in [1.54, 1.807) is 13.8 Å². The number of carbonyl (C=O) groups is 2. The monoisotopic (exact) mass is 377 g/mol. The Kier molecular flexibility index (Phi) is 4.64. The number of nitrogens with zero attached hydrogens (tertiary/aromatic N) is 3. The molecular formula is C17H23N5O3S. The fourth-order valence-electron chi connectivity index (χ4n) is 3.21. The Balaban J connectivity index is 1.56. The van der Waals surface area contributed by atoms with Crippen LogP contribution in [0.1, 0.15) is 57.3 Å². The number of esters is 1. The van der Waals surface area contributed by atoms with E-state index in [9.17, 15) is 9.59 Å². The fraction of sp³-hybridized carbons (Fsp3) is 0.647. The molecule has 26 heavy (non-hydrogen) atoms. The highest BCUT2D eigenvalue weighted by molar-refractivity contribution is 7.99. The van der Waals surface area contributed by atoms with E-state index in [1.807, 2.05) is 0 Å². The van der Waals surface area contributed by atoms with Crippen molar-refractivity contribution >= 4 is 23.8 Å². The van der Waals surface area contributed by atoms with Crippen LogP contribution in [0.4, 0.5) is 4.79 Å². The highest BCUT2D eigenvalue weighted by Crippen LogP contribution is 2.46. The SMILES string of the molecule is CCOC(=O)C1=C(CSc2nnc(C3CC3)n2C2CC2)NC(=O)N[C@H]1C. The van der Waals surface area contributed by atoms with E-state index >= 15 is 0 Å². The molecule has 0 bridgehead atoms. The number of carbonyl (C=O) groups excluding carboxylic acids is 2. The van der Waals surface area contributed by atoms with Gasteiger partial charge >= 0.3 is 12.0 Å². The molecule has 0 aromatic carbocycles. The Morgan fingerprint density at radius 1 is 1.31 bits per heavy atom. The van der Waals surface area contributed by atoms with Crippen LogP contribution >= 0.6 is 11.8 Å². The van der Waals surface area contributed by atoms with Gasteiger partial charge in [0.1, 0.15) is 5.82 Å². The summed E-state index contributed by atoms with van der Waals surface area (Å²) in [6, 6.07) is -0.187. The highest BCUT2D eigenvalue weighted by atomic mass is 32.2. The number of amides is 2. The van der Waals surface area contributed by atoms with Gasteiger partial charge in [0.05, 0.1) is 18.2 Å². The number of rotatable bonds is 7. The summed E-state index contributed by atoms with van der Waals surface area (Å²) in [4.78, 5) is 24.2. The van der Waals surface area contributed by atoms with Crippen LogP contribution in [-0.4, -0.2) is 45.2 Å². The number of urea groups is 1. The zero-order valence-corrected chi connectivity index (χ0v) is 15.8. The number of hydrogen-bond donors (Lipinski definition) is 2. The molecule has 2 N–H and O–H groups in total. The second-order valence-corrected chi connectivity index (χ2v) is 7.88. The van der Waals surface area contributed by atoms with Crippen molar-refractivity contribution < 1.29 is 14.3 Å². The lowest BCUT2D eigenvalue weighted by molar-refractivity contribution is -0.138. The Bertz CT molecular complexity index is 766. The van der Waals surface area contributed by atoms with Crippen LogP contribution in [0.15, 0.2) is 16.4 Å². The maximum absolute atomic E-state index is 12.3. The van der Waals surface area contributed by atoms with Crippen LogP contribution in [0.25, 0.3) is 0 Å². The Labute approximate surface area is 156 Å². The predicted molar refractivity (Wildman–Crippen MR) is 95.8 cm³/mol. The first kappa shape index (κ1) is 17.4. The molecule has 2 aliphatic carbocycles. The van der Waals surface area contributed by atoms with Crippen molar-refractivity contribution in [2.45, 2.75) is 62.7 Å². The molecule has 0 unspecified atom stereocenters. The van der Waals surface area contributed by atoms with Gasteiger partial charge in [-0.3, -0.25) is 0 Å². The first-order valence-electron chi connectivity index (χ1n) is 9.13. The molecule has 0 saturated heterocycles. The van der Waals surface area contributed by atoms with Crippen LogP contribution in [0.2, 0.25) is 0 Å². The lowest BCUT2D eigenvalue weighted by Crippen LogP contribution is -2.49. The average molecular weight is 377 g/mol. The minimum Gasteiger partial charge on any atom is -0.463 e. The summed E-state index contributed by atoms with van der Waals surface area (Å²) in [6.07, 6.45) is 4.71. The van der Waals surface area contributed by atoms with Crippen molar-refractivity contribution in [2.75, 3.05) is 12.4 Å². The van der Waals surface area contributed by atoms with Gasteiger partial charge in [-0.25, -0.2) is 9.59 Å². The topological polar surface area (TPSA) is 98.1 Å². The third-order valence-corrected chi connectivity index (χ3v) is 5.73. The van der Waals surface area contributed by atoms with E-state index in [1.165, 1.54) is 37.4 Å². The normalized spacial score (nSPS) is 22.8. The van der Waals surface area contributed by atoms with Crippen molar-refractivity contribution in [3.63, 3.8) is 0 Å². The molecule has 1 aromatic rings. The van der Waals surface area contributed by atoms with Crippen LogP contribution < -0.4 is 10.6 Å². The van der Waals surface area contributed by atoms with Crippen LogP contribution in [0, 0.1) is 0 Å². The molecule has 0 radical (unpaired) electrons. The van der Waals surface area contributed by atoms with Gasteiger partial charge in [0.2, 0.25) is 0 Å². The number of ether oxygens (including phenoxy) is 1. The molecule has 3 aliphatic rings. The molecular weight excluding hydrogens is 354 g/mol. The largest absolute Gasteiger partial charge is 0.463 e. The molecule has 1 aliphatic heterocycles. The van der Waals surface area contributed by atoms with Crippen molar-refractivity contribution in [3.8, 4) is 0 Å². The minimum absolute atomic E-state index is 0.296. The van der Waals surface area contributed by atoms with Gasteiger partial charge in [-0.05, 0) is 39.5 Å². The zero-order chi connectivity index (χ0) is 18.3.